The second kappa shape index (κ2) is 11.5. The molecule has 5 heteroatoms. The van der Waals surface area contributed by atoms with Crippen LogP contribution in [0.15, 0.2) is 17.8 Å². The number of azide groups is 1. The molecule has 0 fully saturated rings. The van der Waals surface area contributed by atoms with Gasteiger partial charge in [0.05, 0.1) is 0 Å². The first kappa shape index (κ1) is 17.4. The predicted octanol–water partition coefficient (Wildman–Crippen LogP) is 4.13. The van der Waals surface area contributed by atoms with Crippen LogP contribution in [0, 0.1) is 0 Å². The van der Waals surface area contributed by atoms with E-state index in [4.69, 9.17) is 5.53 Å². The van der Waals surface area contributed by atoms with Gasteiger partial charge in [0.1, 0.15) is 11.6 Å². The van der Waals surface area contributed by atoms with Gasteiger partial charge < -0.3 is 0 Å². The third-order valence-electron chi connectivity index (χ3n) is 2.86. The summed E-state index contributed by atoms with van der Waals surface area (Å²) in [7, 11) is 0. The van der Waals surface area contributed by atoms with Crippen LogP contribution in [0.25, 0.3) is 10.4 Å². The molecular weight excluding hydrogens is 242 g/mol. The Morgan fingerprint density at radius 1 is 1.26 bits per heavy atom. The second-order valence-corrected chi connectivity index (χ2v) is 4.60. The molecule has 0 aromatic heterocycles. The van der Waals surface area contributed by atoms with Gasteiger partial charge in [-0.05, 0) is 31.2 Å². The van der Waals surface area contributed by atoms with E-state index in [2.05, 4.69) is 16.6 Å². The normalized spacial score (nSPS) is 11.4. The Morgan fingerprint density at radius 2 is 1.89 bits per heavy atom. The average Bonchev–Trinajstić information content (AvgIpc) is 2.37. The lowest BCUT2D eigenvalue weighted by Gasteiger charge is -2.07. The van der Waals surface area contributed by atoms with Gasteiger partial charge >= 0.3 is 0 Å². The maximum Gasteiger partial charge on any atom is 0.133 e. The minimum Gasteiger partial charge on any atom is -0.300 e. The molecule has 0 spiro atoms. The lowest BCUT2D eigenvalue weighted by Crippen LogP contribution is -2.06. The molecule has 19 heavy (non-hydrogen) atoms. The summed E-state index contributed by atoms with van der Waals surface area (Å²) < 4.78 is 0. The summed E-state index contributed by atoms with van der Waals surface area (Å²) in [6, 6.07) is -0.114. The van der Waals surface area contributed by atoms with E-state index in [1.807, 2.05) is 6.92 Å². The van der Waals surface area contributed by atoms with E-state index in [-0.39, 0.29) is 17.6 Å². The fourth-order valence-corrected chi connectivity index (χ4v) is 1.83. The molecule has 1 atom stereocenters. The molecule has 0 aliphatic rings. The molecule has 0 bridgehead atoms. The predicted molar refractivity (Wildman–Crippen MR) is 75.8 cm³/mol. The van der Waals surface area contributed by atoms with Crippen molar-refractivity contribution in [2.24, 2.45) is 5.11 Å². The monoisotopic (exact) mass is 265 g/mol. The van der Waals surface area contributed by atoms with Gasteiger partial charge in [0.25, 0.3) is 0 Å². The minimum absolute atomic E-state index is 0.114. The standard InChI is InChI=1S/C14H23N3O2/c1-3-6-12(16-17-15)8-5-9-14(19)11-10-13(18)7-4-2/h3,12H,1,4-11H2,2H3/t12-/m1/s1. The third kappa shape index (κ3) is 10.0. The molecule has 5 nitrogen and oxygen atoms in total. The van der Waals surface area contributed by atoms with Crippen LogP contribution in [0.5, 0.6) is 0 Å². The topological polar surface area (TPSA) is 82.9 Å². The van der Waals surface area contributed by atoms with E-state index in [9.17, 15) is 9.59 Å². The van der Waals surface area contributed by atoms with Crippen molar-refractivity contribution >= 4 is 11.6 Å². The van der Waals surface area contributed by atoms with Crippen molar-refractivity contribution in [3.05, 3.63) is 23.1 Å². The second-order valence-electron chi connectivity index (χ2n) is 4.60. The summed E-state index contributed by atoms with van der Waals surface area (Å²) in [4.78, 5) is 25.6. The van der Waals surface area contributed by atoms with Gasteiger partial charge in [0.15, 0.2) is 0 Å². The molecule has 0 N–H and O–H groups in total. The number of rotatable bonds is 12. The number of ketones is 2. The Bertz CT molecular complexity index is 347. The molecular formula is C14H23N3O2. The fourth-order valence-electron chi connectivity index (χ4n) is 1.83. The van der Waals surface area contributed by atoms with E-state index in [0.717, 1.165) is 6.42 Å². The molecule has 0 heterocycles. The lowest BCUT2D eigenvalue weighted by atomic mass is 10.0. The van der Waals surface area contributed by atoms with Crippen LogP contribution in [-0.2, 0) is 9.59 Å². The van der Waals surface area contributed by atoms with Gasteiger partial charge in [0, 0.05) is 36.6 Å². The highest BCUT2D eigenvalue weighted by Crippen LogP contribution is 2.11. The summed E-state index contributed by atoms with van der Waals surface area (Å²) in [6.07, 6.45) is 6.27. The Morgan fingerprint density at radius 3 is 2.42 bits per heavy atom. The van der Waals surface area contributed by atoms with E-state index < -0.39 is 0 Å². The molecule has 0 unspecified atom stereocenters. The molecule has 0 aliphatic carbocycles. The summed E-state index contributed by atoms with van der Waals surface area (Å²) in [5, 5.41) is 3.65. The van der Waals surface area contributed by atoms with Crippen molar-refractivity contribution in [2.75, 3.05) is 0 Å². The number of carbonyl (C=O) groups is 2. The largest absolute Gasteiger partial charge is 0.300 e. The number of hydrogen-bond donors (Lipinski definition) is 0. The van der Waals surface area contributed by atoms with Crippen LogP contribution in [-0.4, -0.2) is 17.6 Å². The van der Waals surface area contributed by atoms with Gasteiger partial charge in [0.2, 0.25) is 0 Å². The molecule has 0 saturated carbocycles. The molecule has 0 amide bonds. The number of carbonyl (C=O) groups excluding carboxylic acids is 2. The fraction of sp³-hybridized carbons (Fsp3) is 0.714. The van der Waals surface area contributed by atoms with Gasteiger partial charge in [-0.25, -0.2) is 0 Å². The summed E-state index contributed by atoms with van der Waals surface area (Å²) >= 11 is 0. The van der Waals surface area contributed by atoms with E-state index in [1.54, 1.807) is 6.08 Å². The van der Waals surface area contributed by atoms with Gasteiger partial charge in [-0.2, -0.15) is 0 Å². The van der Waals surface area contributed by atoms with Crippen molar-refractivity contribution in [3.63, 3.8) is 0 Å². The Labute approximate surface area is 114 Å². The van der Waals surface area contributed by atoms with E-state index in [1.165, 1.54) is 0 Å². The number of nitrogens with zero attached hydrogens (tertiary/aromatic N) is 3. The summed E-state index contributed by atoms with van der Waals surface area (Å²) in [5.41, 5.74) is 8.39. The van der Waals surface area contributed by atoms with Crippen molar-refractivity contribution in [1.29, 1.82) is 0 Å². The molecule has 106 valence electrons. The van der Waals surface area contributed by atoms with Crippen LogP contribution in [0.4, 0.5) is 0 Å². The molecule has 0 aromatic carbocycles. The van der Waals surface area contributed by atoms with Crippen molar-refractivity contribution in [3.8, 4) is 0 Å². The van der Waals surface area contributed by atoms with E-state index >= 15 is 0 Å². The summed E-state index contributed by atoms with van der Waals surface area (Å²) in [6.45, 7) is 5.56. The first-order valence-electron chi connectivity index (χ1n) is 6.82. The third-order valence-corrected chi connectivity index (χ3v) is 2.86. The van der Waals surface area contributed by atoms with E-state index in [0.29, 0.717) is 44.9 Å². The number of hydrogen-bond acceptors (Lipinski definition) is 3. The van der Waals surface area contributed by atoms with Crippen LogP contribution in [0.3, 0.4) is 0 Å². The Hall–Kier alpha value is -1.61. The molecule has 0 radical (unpaired) electrons. The molecule has 0 saturated heterocycles. The van der Waals surface area contributed by atoms with Crippen LogP contribution < -0.4 is 0 Å². The quantitative estimate of drug-likeness (QED) is 0.230. The molecule has 0 aliphatic heterocycles. The highest BCUT2D eigenvalue weighted by molar-refractivity contribution is 5.85. The van der Waals surface area contributed by atoms with Crippen molar-refractivity contribution in [2.45, 2.75) is 64.3 Å². The van der Waals surface area contributed by atoms with Gasteiger partial charge in [-0.15, -0.1) is 6.58 Å². The highest BCUT2D eigenvalue weighted by atomic mass is 16.1. The molecule has 0 rings (SSSR count). The SMILES string of the molecule is C=CC[C@H](CCCC(=O)CCC(=O)CCC)N=[N+]=[N-]. The smallest absolute Gasteiger partial charge is 0.133 e. The van der Waals surface area contributed by atoms with Crippen LogP contribution >= 0.6 is 0 Å². The zero-order valence-corrected chi connectivity index (χ0v) is 11.7. The van der Waals surface area contributed by atoms with Gasteiger partial charge in [-0.1, -0.05) is 18.1 Å². The maximum atomic E-state index is 11.6. The van der Waals surface area contributed by atoms with Gasteiger partial charge in [-0.3, -0.25) is 9.59 Å². The Balaban J connectivity index is 3.80. The summed E-state index contributed by atoms with van der Waals surface area (Å²) in [5.74, 6) is 0.275. The molecule has 0 aromatic rings. The highest BCUT2D eigenvalue weighted by Gasteiger charge is 2.09. The first-order valence-corrected chi connectivity index (χ1v) is 6.82. The van der Waals surface area contributed by atoms with Crippen LogP contribution in [0.2, 0.25) is 0 Å². The lowest BCUT2D eigenvalue weighted by molar-refractivity contribution is -0.124. The Kier molecular flexibility index (Phi) is 10.5. The zero-order chi connectivity index (χ0) is 14.5. The van der Waals surface area contributed by atoms with Crippen molar-refractivity contribution < 1.29 is 9.59 Å². The maximum absolute atomic E-state index is 11.6. The van der Waals surface area contributed by atoms with Crippen LogP contribution in [0.1, 0.15) is 58.3 Å². The average molecular weight is 265 g/mol. The zero-order valence-electron chi connectivity index (χ0n) is 11.7. The first-order chi connectivity index (χ1) is 9.13. The minimum atomic E-state index is -0.114. The van der Waals surface area contributed by atoms with Crippen molar-refractivity contribution in [1.82, 2.24) is 0 Å². The number of Topliss-reactive ketones (excluding diaryl/α,β-unsaturated/α-hetero) is 2.